The summed E-state index contributed by atoms with van der Waals surface area (Å²) in [6, 6.07) is 16.2. The van der Waals surface area contributed by atoms with Crippen molar-refractivity contribution in [2.24, 2.45) is 0 Å². The van der Waals surface area contributed by atoms with E-state index in [1.807, 2.05) is 18.2 Å². The number of benzene rings is 2. The van der Waals surface area contributed by atoms with Crippen LogP contribution in [0.2, 0.25) is 0 Å². The van der Waals surface area contributed by atoms with Gasteiger partial charge in [-0.1, -0.05) is 36.4 Å². The van der Waals surface area contributed by atoms with Crippen LogP contribution in [0.3, 0.4) is 0 Å². The minimum atomic E-state index is -0.684. The summed E-state index contributed by atoms with van der Waals surface area (Å²) in [5.41, 5.74) is 4.33. The molecule has 2 aromatic carbocycles. The molecule has 0 unspecified atom stereocenters. The number of Topliss-reactive ketones (excluding diaryl/α,β-unsaturated/α-hetero) is 1. The van der Waals surface area contributed by atoms with Crippen molar-refractivity contribution in [3.63, 3.8) is 0 Å². The number of imide groups is 1. The van der Waals surface area contributed by atoms with E-state index in [-0.39, 0.29) is 11.9 Å². The van der Waals surface area contributed by atoms with Crippen LogP contribution in [0.1, 0.15) is 36.8 Å². The molecular formula is C26H32N4O3. The Hall–Kier alpha value is -3.35. The highest BCUT2D eigenvalue weighted by molar-refractivity contribution is 6.07. The number of ketones is 1. The first-order valence-electron chi connectivity index (χ1n) is 11.6. The zero-order valence-electron chi connectivity index (χ0n) is 19.4. The van der Waals surface area contributed by atoms with Crippen LogP contribution in [0.25, 0.3) is 0 Å². The molecule has 0 aromatic heterocycles. The molecule has 3 aliphatic heterocycles. The van der Waals surface area contributed by atoms with Crippen molar-refractivity contribution in [1.82, 2.24) is 10.6 Å². The van der Waals surface area contributed by atoms with Crippen molar-refractivity contribution in [1.29, 1.82) is 0 Å². The van der Waals surface area contributed by atoms with Crippen molar-refractivity contribution in [3.8, 4) is 0 Å². The number of nitrogens with one attached hydrogen (secondary N) is 2. The van der Waals surface area contributed by atoms with E-state index in [4.69, 9.17) is 0 Å². The Bertz CT molecular complexity index is 1030. The molecule has 0 atom stereocenters. The summed E-state index contributed by atoms with van der Waals surface area (Å²) in [5, 5.41) is 5.12. The average molecular weight is 449 g/mol. The summed E-state index contributed by atoms with van der Waals surface area (Å²) in [5.74, 6) is 0.219. The lowest BCUT2D eigenvalue weighted by atomic mass is 9.87. The number of hydrogen-bond donors (Lipinski definition) is 2. The Labute approximate surface area is 195 Å². The summed E-state index contributed by atoms with van der Waals surface area (Å²) >= 11 is 0. The topological polar surface area (TPSA) is 81.8 Å². The van der Waals surface area contributed by atoms with Crippen LogP contribution in [-0.4, -0.2) is 49.4 Å². The van der Waals surface area contributed by atoms with E-state index < -0.39 is 5.54 Å². The molecule has 7 nitrogen and oxygen atoms in total. The number of aryl methyl sites for hydroxylation is 2. The van der Waals surface area contributed by atoms with Crippen LogP contribution >= 0.6 is 0 Å². The summed E-state index contributed by atoms with van der Waals surface area (Å²) in [6.45, 7) is 7.51. The van der Waals surface area contributed by atoms with Crippen LogP contribution in [0.4, 0.5) is 16.2 Å². The Balaban J connectivity index is 0.000000165. The van der Waals surface area contributed by atoms with Crippen molar-refractivity contribution in [2.45, 2.75) is 45.1 Å². The van der Waals surface area contributed by atoms with Gasteiger partial charge >= 0.3 is 6.03 Å². The van der Waals surface area contributed by atoms with Gasteiger partial charge in [0.05, 0.1) is 0 Å². The first-order valence-corrected chi connectivity index (χ1v) is 11.6. The molecular weight excluding hydrogens is 416 g/mol. The average Bonchev–Trinajstić information content (AvgIpc) is 3.08. The molecule has 33 heavy (non-hydrogen) atoms. The third kappa shape index (κ3) is 5.02. The third-order valence-corrected chi connectivity index (χ3v) is 6.86. The van der Waals surface area contributed by atoms with Gasteiger partial charge in [0.25, 0.3) is 5.91 Å². The molecule has 2 N–H and O–H groups in total. The highest BCUT2D eigenvalue weighted by Crippen LogP contribution is 2.30. The molecule has 0 saturated carbocycles. The number of carbonyl (C=O) groups excluding carboxylic acids is 3. The van der Waals surface area contributed by atoms with Crippen molar-refractivity contribution >= 4 is 29.1 Å². The van der Waals surface area contributed by atoms with E-state index in [0.29, 0.717) is 31.5 Å². The Morgan fingerprint density at radius 3 is 1.67 bits per heavy atom. The molecule has 3 heterocycles. The largest absolute Gasteiger partial charge is 0.371 e. The van der Waals surface area contributed by atoms with E-state index in [2.05, 4.69) is 64.6 Å². The first-order chi connectivity index (χ1) is 15.9. The lowest BCUT2D eigenvalue weighted by molar-refractivity contribution is -0.124. The number of carbonyl (C=O) groups is 3. The number of nitrogens with zero attached hydrogens (tertiary/aromatic N) is 2. The third-order valence-electron chi connectivity index (χ3n) is 6.86. The summed E-state index contributed by atoms with van der Waals surface area (Å²) < 4.78 is 0. The van der Waals surface area contributed by atoms with Gasteiger partial charge in [0.1, 0.15) is 11.3 Å². The smallest absolute Gasteiger partial charge is 0.322 e. The van der Waals surface area contributed by atoms with Gasteiger partial charge in [-0.15, -0.1) is 0 Å². The second-order valence-electron chi connectivity index (χ2n) is 9.08. The molecule has 2 aromatic rings. The zero-order valence-corrected chi connectivity index (χ0v) is 19.4. The number of urea groups is 1. The fraction of sp³-hybridized carbons (Fsp3) is 0.423. The maximum Gasteiger partial charge on any atom is 0.322 e. The number of rotatable bonds is 2. The van der Waals surface area contributed by atoms with Gasteiger partial charge in [-0.3, -0.25) is 14.9 Å². The quantitative estimate of drug-likeness (QED) is 0.689. The highest BCUT2D eigenvalue weighted by Gasteiger charge is 2.47. The lowest BCUT2D eigenvalue weighted by Crippen LogP contribution is -2.55. The maximum absolute atomic E-state index is 11.9. The fourth-order valence-corrected chi connectivity index (χ4v) is 4.84. The molecule has 174 valence electrons. The van der Waals surface area contributed by atoms with Crippen molar-refractivity contribution in [3.05, 3.63) is 59.7 Å². The molecule has 0 aliphatic carbocycles. The standard InChI is InChI=1S/C14H17N3O2.C12H15NO/c1-10-4-2-3-5-11(10)17-8-6-14(7-9-17)12(18)15-13(19)16-14;1-10-4-2-3-5-12(10)13-8-6-11(14)7-9-13/h2-5H,6-9H2,1H3,(H2,15,16,18,19);2-5H,6-9H2,1H3. The summed E-state index contributed by atoms with van der Waals surface area (Å²) in [7, 11) is 0. The predicted molar refractivity (Wildman–Crippen MR) is 130 cm³/mol. The van der Waals surface area contributed by atoms with Gasteiger partial charge in [0.15, 0.2) is 0 Å². The highest BCUT2D eigenvalue weighted by atomic mass is 16.2. The second-order valence-corrected chi connectivity index (χ2v) is 9.08. The second kappa shape index (κ2) is 9.65. The van der Waals surface area contributed by atoms with Crippen molar-refractivity contribution in [2.75, 3.05) is 36.0 Å². The molecule has 0 radical (unpaired) electrons. The Morgan fingerprint density at radius 2 is 1.21 bits per heavy atom. The predicted octanol–water partition coefficient (Wildman–Crippen LogP) is 3.34. The SMILES string of the molecule is Cc1ccccc1N1CCC(=O)CC1.Cc1ccccc1N1CCC2(CC1)NC(=O)NC2=O. The zero-order chi connectivity index (χ0) is 23.4. The van der Waals surface area contributed by atoms with Gasteiger partial charge in [-0.05, 0) is 49.9 Å². The summed E-state index contributed by atoms with van der Waals surface area (Å²) in [6.07, 6.45) is 2.71. The van der Waals surface area contributed by atoms with E-state index in [1.54, 1.807) is 0 Å². The molecule has 5 rings (SSSR count). The van der Waals surface area contributed by atoms with Gasteiger partial charge in [-0.25, -0.2) is 4.79 Å². The first kappa shape index (κ1) is 22.8. The van der Waals surface area contributed by atoms with E-state index in [0.717, 1.165) is 26.2 Å². The minimum absolute atomic E-state index is 0.179. The molecule has 0 bridgehead atoms. The monoisotopic (exact) mass is 448 g/mol. The van der Waals surface area contributed by atoms with Gasteiger partial charge in [-0.2, -0.15) is 0 Å². The number of para-hydroxylation sites is 2. The van der Waals surface area contributed by atoms with E-state index >= 15 is 0 Å². The van der Waals surface area contributed by atoms with E-state index in [9.17, 15) is 14.4 Å². The molecule has 1 spiro atoms. The fourth-order valence-electron chi connectivity index (χ4n) is 4.84. The number of amides is 3. The molecule has 3 amide bonds. The maximum atomic E-state index is 11.9. The minimum Gasteiger partial charge on any atom is -0.371 e. The number of piperidine rings is 2. The number of anilines is 2. The van der Waals surface area contributed by atoms with Crippen LogP contribution in [0.15, 0.2) is 48.5 Å². The molecule has 3 fully saturated rings. The van der Waals surface area contributed by atoms with Gasteiger partial charge in [0, 0.05) is 50.4 Å². The van der Waals surface area contributed by atoms with Gasteiger partial charge < -0.3 is 15.1 Å². The van der Waals surface area contributed by atoms with Crippen LogP contribution in [-0.2, 0) is 9.59 Å². The number of hydrogen-bond acceptors (Lipinski definition) is 5. The lowest BCUT2D eigenvalue weighted by Gasteiger charge is -2.38. The molecule has 3 saturated heterocycles. The van der Waals surface area contributed by atoms with Gasteiger partial charge in [0.2, 0.25) is 0 Å². The van der Waals surface area contributed by atoms with E-state index in [1.165, 1.54) is 22.5 Å². The van der Waals surface area contributed by atoms with Crippen LogP contribution in [0, 0.1) is 13.8 Å². The molecule has 3 aliphatic rings. The van der Waals surface area contributed by atoms with Crippen LogP contribution < -0.4 is 20.4 Å². The Morgan fingerprint density at radius 1 is 0.727 bits per heavy atom. The normalized spacial score (nSPS) is 19.6. The Kier molecular flexibility index (Phi) is 6.67. The molecule has 7 heteroatoms. The van der Waals surface area contributed by atoms with Crippen molar-refractivity contribution < 1.29 is 14.4 Å². The summed E-state index contributed by atoms with van der Waals surface area (Å²) in [4.78, 5) is 38.8. The van der Waals surface area contributed by atoms with Crippen LogP contribution in [0.5, 0.6) is 0 Å².